The molecule has 5 rings (SSSR count). The van der Waals surface area contributed by atoms with Crippen molar-refractivity contribution in [3.63, 3.8) is 0 Å². The topological polar surface area (TPSA) is 126 Å². The molecule has 0 bridgehead atoms. The number of aromatic amines is 1. The molecule has 0 unspecified atom stereocenters. The van der Waals surface area contributed by atoms with Gasteiger partial charge in [-0.05, 0) is 42.5 Å². The second-order valence-corrected chi connectivity index (χ2v) is 9.46. The lowest BCUT2D eigenvalue weighted by molar-refractivity contribution is -0.0639. The van der Waals surface area contributed by atoms with Gasteiger partial charge in [-0.15, -0.1) is 0 Å². The molecule has 208 valence electrons. The minimum atomic E-state index is -1.31. The summed E-state index contributed by atoms with van der Waals surface area (Å²) in [7, 11) is 0. The molecule has 1 aromatic heterocycles. The highest BCUT2D eigenvalue weighted by molar-refractivity contribution is 7.71. The fraction of sp³-hybridized carbons (Fsp3) is 0.167. The molecule has 1 aliphatic rings. The van der Waals surface area contributed by atoms with E-state index in [9.17, 15) is 19.2 Å². The summed E-state index contributed by atoms with van der Waals surface area (Å²) in [6, 6.07) is 26.2. The van der Waals surface area contributed by atoms with E-state index in [4.69, 9.17) is 31.2 Å². The summed E-state index contributed by atoms with van der Waals surface area (Å²) in [5.74, 6) is -2.09. The monoisotopic (exact) mass is 572 g/mol. The van der Waals surface area contributed by atoms with E-state index in [2.05, 4.69) is 4.98 Å². The second kappa shape index (κ2) is 12.5. The summed E-state index contributed by atoms with van der Waals surface area (Å²) < 4.78 is 24.6. The van der Waals surface area contributed by atoms with Crippen LogP contribution in [0.5, 0.6) is 0 Å². The lowest BCUT2D eigenvalue weighted by Crippen LogP contribution is -2.42. The molecular weight excluding hydrogens is 548 g/mol. The van der Waals surface area contributed by atoms with E-state index in [0.29, 0.717) is 5.56 Å². The van der Waals surface area contributed by atoms with Gasteiger partial charge in [0.1, 0.15) is 17.4 Å². The van der Waals surface area contributed by atoms with Crippen molar-refractivity contribution >= 4 is 30.1 Å². The predicted molar refractivity (Wildman–Crippen MR) is 148 cm³/mol. The molecule has 4 atom stereocenters. The van der Waals surface area contributed by atoms with Crippen molar-refractivity contribution in [2.24, 2.45) is 0 Å². The molecule has 0 spiro atoms. The highest BCUT2D eigenvalue weighted by Gasteiger charge is 2.51. The van der Waals surface area contributed by atoms with E-state index in [1.165, 1.54) is 12.3 Å². The van der Waals surface area contributed by atoms with Crippen molar-refractivity contribution in [1.82, 2.24) is 9.55 Å². The van der Waals surface area contributed by atoms with Crippen LogP contribution in [0.25, 0.3) is 0 Å². The van der Waals surface area contributed by atoms with Gasteiger partial charge in [0.2, 0.25) is 0 Å². The maximum Gasteiger partial charge on any atom is 0.338 e. The van der Waals surface area contributed by atoms with E-state index in [-0.39, 0.29) is 22.4 Å². The number of nitrogens with one attached hydrogen (secondary N) is 1. The smallest absolute Gasteiger partial charge is 0.338 e. The summed E-state index contributed by atoms with van der Waals surface area (Å²) in [5, 5.41) is 0. The third kappa shape index (κ3) is 6.48. The quantitative estimate of drug-likeness (QED) is 0.189. The molecule has 3 aromatic carbocycles. The van der Waals surface area contributed by atoms with Gasteiger partial charge in [-0.3, -0.25) is 9.55 Å². The number of hydrogen-bond acceptors (Lipinski definition) is 9. The molecule has 11 heteroatoms. The maximum absolute atomic E-state index is 13.2. The second-order valence-electron chi connectivity index (χ2n) is 9.02. The number of carbonyl (C=O) groups excluding carboxylic acids is 3. The molecule has 1 saturated heterocycles. The van der Waals surface area contributed by atoms with Crippen LogP contribution >= 0.6 is 12.2 Å². The molecule has 0 amide bonds. The summed E-state index contributed by atoms with van der Waals surface area (Å²) in [6.07, 6.45) is -3.55. The number of carbonyl (C=O) groups is 3. The third-order valence-electron chi connectivity index (χ3n) is 6.30. The van der Waals surface area contributed by atoms with Gasteiger partial charge in [-0.1, -0.05) is 66.8 Å². The minimum absolute atomic E-state index is 0.183. The van der Waals surface area contributed by atoms with Crippen LogP contribution in [0.4, 0.5) is 0 Å². The highest BCUT2D eigenvalue weighted by Crippen LogP contribution is 2.34. The number of ether oxygens (including phenoxy) is 4. The first kappa shape index (κ1) is 27.7. The Morgan fingerprint density at radius 2 is 1.22 bits per heavy atom. The lowest BCUT2D eigenvalue weighted by atomic mass is 10.1. The number of nitrogens with zero attached hydrogens (tertiary/aromatic N) is 1. The molecule has 0 radical (unpaired) electrons. The first-order valence-corrected chi connectivity index (χ1v) is 13.0. The molecule has 2 heterocycles. The van der Waals surface area contributed by atoms with Crippen molar-refractivity contribution < 1.29 is 33.3 Å². The molecule has 0 aliphatic carbocycles. The van der Waals surface area contributed by atoms with Gasteiger partial charge in [0.15, 0.2) is 18.4 Å². The Morgan fingerprint density at radius 1 is 0.732 bits per heavy atom. The van der Waals surface area contributed by atoms with Crippen molar-refractivity contribution in [3.05, 3.63) is 135 Å². The van der Waals surface area contributed by atoms with Crippen molar-refractivity contribution in [1.29, 1.82) is 0 Å². The number of benzene rings is 3. The number of rotatable bonds is 8. The van der Waals surface area contributed by atoms with E-state index in [0.717, 1.165) is 4.57 Å². The molecular formula is C30H24N2O8S. The highest BCUT2D eigenvalue weighted by atomic mass is 32.1. The SMILES string of the molecule is O=C(OC[C@H]1O[C@H](n2ccc(=S)[nH]c2=O)[C@H](OC(=O)c2ccccc2)[C@@H]1OC(=O)c1ccccc1)c1ccccc1. The van der Waals surface area contributed by atoms with Crippen LogP contribution in [0.2, 0.25) is 0 Å². The summed E-state index contributed by atoms with van der Waals surface area (Å²) >= 11 is 5.05. The van der Waals surface area contributed by atoms with E-state index >= 15 is 0 Å². The lowest BCUT2D eigenvalue weighted by Gasteiger charge is -2.25. The van der Waals surface area contributed by atoms with Gasteiger partial charge in [-0.25, -0.2) is 19.2 Å². The molecule has 4 aromatic rings. The molecule has 0 saturated carbocycles. The first-order valence-electron chi connectivity index (χ1n) is 12.6. The van der Waals surface area contributed by atoms with Crippen LogP contribution in [-0.4, -0.2) is 52.4 Å². The Labute approximate surface area is 239 Å². The van der Waals surface area contributed by atoms with E-state index in [1.54, 1.807) is 91.0 Å². The van der Waals surface area contributed by atoms with Crippen molar-refractivity contribution in [3.8, 4) is 0 Å². The van der Waals surface area contributed by atoms with Crippen LogP contribution < -0.4 is 5.69 Å². The average molecular weight is 573 g/mol. The Hall–Kier alpha value is -4.87. The first-order chi connectivity index (χ1) is 19.9. The van der Waals surface area contributed by atoms with Gasteiger partial charge in [0.05, 0.1) is 16.7 Å². The van der Waals surface area contributed by atoms with Crippen LogP contribution in [0.15, 0.2) is 108 Å². The zero-order valence-electron chi connectivity index (χ0n) is 21.5. The molecule has 10 nitrogen and oxygen atoms in total. The van der Waals surface area contributed by atoms with Crippen LogP contribution in [0, 0.1) is 4.64 Å². The molecule has 1 N–H and O–H groups in total. The zero-order valence-corrected chi connectivity index (χ0v) is 22.3. The number of H-pyrrole nitrogens is 1. The standard InChI is InChI=1S/C30H24N2O8S/c33-27(19-10-4-1-5-11-19)37-18-22-24(39-28(34)20-12-6-2-7-13-20)25(40-29(35)21-14-8-3-9-15-21)26(38-22)32-17-16-23(41)31-30(32)36/h1-17,22,24-26H,18H2,(H,31,36,41)/t22-,24-,25-,26+/m1/s1. The third-order valence-corrected chi connectivity index (χ3v) is 6.54. The minimum Gasteiger partial charge on any atom is -0.459 e. The van der Waals surface area contributed by atoms with Gasteiger partial charge in [-0.2, -0.15) is 0 Å². The summed E-state index contributed by atoms with van der Waals surface area (Å²) in [4.78, 5) is 54.4. The fourth-order valence-corrected chi connectivity index (χ4v) is 4.46. The largest absolute Gasteiger partial charge is 0.459 e. The van der Waals surface area contributed by atoms with E-state index < -0.39 is 48.1 Å². The van der Waals surface area contributed by atoms with Gasteiger partial charge >= 0.3 is 23.6 Å². The van der Waals surface area contributed by atoms with E-state index in [1.807, 2.05) is 0 Å². The normalized spacial score (nSPS) is 19.7. The number of esters is 3. The van der Waals surface area contributed by atoms with Crippen LogP contribution in [-0.2, 0) is 18.9 Å². The maximum atomic E-state index is 13.2. The Morgan fingerprint density at radius 3 is 1.73 bits per heavy atom. The van der Waals surface area contributed by atoms with Gasteiger partial charge in [0.25, 0.3) is 0 Å². The Kier molecular flexibility index (Phi) is 8.47. The van der Waals surface area contributed by atoms with Crippen molar-refractivity contribution in [2.45, 2.75) is 24.5 Å². The summed E-state index contributed by atoms with van der Waals surface area (Å²) in [6.45, 7) is -0.367. The summed E-state index contributed by atoms with van der Waals surface area (Å²) in [5.41, 5.74) is 0.139. The van der Waals surface area contributed by atoms with Crippen LogP contribution in [0.3, 0.4) is 0 Å². The van der Waals surface area contributed by atoms with Crippen LogP contribution in [0.1, 0.15) is 37.3 Å². The molecule has 41 heavy (non-hydrogen) atoms. The zero-order chi connectivity index (χ0) is 28.8. The molecule has 1 fully saturated rings. The Balaban J connectivity index is 1.50. The predicted octanol–water partition coefficient (Wildman–Crippen LogP) is 4.11. The number of aromatic nitrogens is 2. The molecule has 1 aliphatic heterocycles. The van der Waals surface area contributed by atoms with Gasteiger partial charge in [0, 0.05) is 6.20 Å². The van der Waals surface area contributed by atoms with Gasteiger partial charge < -0.3 is 18.9 Å². The number of hydrogen-bond donors (Lipinski definition) is 1. The fourth-order valence-electron chi connectivity index (χ4n) is 4.31. The average Bonchev–Trinajstić information content (AvgIpc) is 3.33. The van der Waals surface area contributed by atoms with Crippen molar-refractivity contribution in [2.75, 3.05) is 6.61 Å². The Bertz CT molecular complexity index is 1640.